The van der Waals surface area contributed by atoms with E-state index >= 15 is 0 Å². The van der Waals surface area contributed by atoms with Crippen LogP contribution in [0.4, 0.5) is 0 Å². The third-order valence-corrected chi connectivity index (χ3v) is 7.31. The number of ether oxygens (including phenoxy) is 1. The van der Waals surface area contributed by atoms with Crippen molar-refractivity contribution in [2.45, 2.75) is 19.9 Å². The summed E-state index contributed by atoms with van der Waals surface area (Å²) in [7, 11) is 0. The monoisotopic (exact) mass is 546 g/mol. The van der Waals surface area contributed by atoms with E-state index in [9.17, 15) is 9.59 Å². The highest BCUT2D eigenvalue weighted by Gasteiger charge is 2.23. The zero-order valence-electron chi connectivity index (χ0n) is 23.0. The molecule has 0 aliphatic carbocycles. The fourth-order valence-electron chi connectivity index (χ4n) is 5.26. The van der Waals surface area contributed by atoms with Gasteiger partial charge in [0.15, 0.2) is 5.65 Å². The van der Waals surface area contributed by atoms with E-state index < -0.39 is 6.04 Å². The first-order chi connectivity index (χ1) is 20.0. The summed E-state index contributed by atoms with van der Waals surface area (Å²) in [6.45, 7) is 7.40. The minimum Gasteiger partial charge on any atom is -0.379 e. The lowest BCUT2D eigenvalue weighted by atomic mass is 10.0. The van der Waals surface area contributed by atoms with Crippen LogP contribution in [-0.4, -0.2) is 62.8 Å². The molecule has 5 aromatic rings. The standard InChI is InChI=1S/C32H30N6O3/c1-22(34-31(39)28-23(2)35-37-16-8-14-33-30(28)37)27-21-25-10-6-9-24(11-7-15-36-17-19-41-20-18-36)29(25)32(40)38(27)26-12-4-3-5-13-26/h3-6,8-10,12-14,16,21-22H,15,17-20H2,1-2H3,(H,34,39)/t22-/m1/s1. The molecule has 1 fully saturated rings. The molecule has 0 radical (unpaired) electrons. The van der Waals surface area contributed by atoms with Crippen LogP contribution in [0.15, 0.2) is 77.9 Å². The van der Waals surface area contributed by atoms with Gasteiger partial charge < -0.3 is 10.1 Å². The average molecular weight is 547 g/mol. The van der Waals surface area contributed by atoms with Crippen molar-refractivity contribution >= 4 is 22.3 Å². The van der Waals surface area contributed by atoms with Gasteiger partial charge in [-0.1, -0.05) is 42.2 Å². The number of rotatable bonds is 5. The third kappa shape index (κ3) is 5.23. The van der Waals surface area contributed by atoms with Crippen LogP contribution in [-0.2, 0) is 4.74 Å². The first-order valence-electron chi connectivity index (χ1n) is 13.6. The minimum atomic E-state index is -0.506. The topological polar surface area (TPSA) is 93.8 Å². The fourth-order valence-corrected chi connectivity index (χ4v) is 5.26. The van der Waals surface area contributed by atoms with E-state index in [0.29, 0.717) is 59.0 Å². The molecule has 0 spiro atoms. The Labute approximate surface area is 237 Å². The zero-order chi connectivity index (χ0) is 28.3. The average Bonchev–Trinajstić information content (AvgIpc) is 3.33. The van der Waals surface area contributed by atoms with Crippen molar-refractivity contribution in [3.05, 3.63) is 106 Å². The summed E-state index contributed by atoms with van der Waals surface area (Å²) in [6.07, 6.45) is 3.39. The van der Waals surface area contributed by atoms with Gasteiger partial charge in [-0.3, -0.25) is 19.1 Å². The van der Waals surface area contributed by atoms with Crippen LogP contribution in [0.1, 0.15) is 40.3 Å². The van der Waals surface area contributed by atoms with Crippen molar-refractivity contribution in [2.24, 2.45) is 0 Å². The van der Waals surface area contributed by atoms with Gasteiger partial charge in [-0.15, -0.1) is 0 Å². The molecule has 3 aromatic heterocycles. The number of aromatic nitrogens is 4. The van der Waals surface area contributed by atoms with Crippen LogP contribution in [0.25, 0.3) is 22.1 Å². The molecule has 0 unspecified atom stereocenters. The van der Waals surface area contributed by atoms with E-state index in [1.807, 2.05) is 61.5 Å². The highest BCUT2D eigenvalue weighted by atomic mass is 16.5. The van der Waals surface area contributed by atoms with Crippen LogP contribution < -0.4 is 10.9 Å². The molecule has 9 nitrogen and oxygen atoms in total. The highest BCUT2D eigenvalue weighted by Crippen LogP contribution is 2.24. The van der Waals surface area contributed by atoms with E-state index in [1.165, 1.54) is 0 Å². The Bertz CT molecular complexity index is 1860. The minimum absolute atomic E-state index is 0.185. The molecular formula is C32H30N6O3. The van der Waals surface area contributed by atoms with Gasteiger partial charge in [-0.05, 0) is 49.6 Å². The maximum Gasteiger partial charge on any atom is 0.264 e. The number of pyridine rings is 1. The van der Waals surface area contributed by atoms with Gasteiger partial charge in [0.25, 0.3) is 11.5 Å². The molecule has 0 saturated carbocycles. The van der Waals surface area contributed by atoms with Gasteiger partial charge in [0.05, 0.1) is 36.9 Å². The first-order valence-corrected chi connectivity index (χ1v) is 13.6. The number of hydrogen-bond acceptors (Lipinski definition) is 6. The summed E-state index contributed by atoms with van der Waals surface area (Å²) in [5, 5.41) is 8.82. The first kappa shape index (κ1) is 26.4. The number of aryl methyl sites for hydroxylation is 1. The summed E-state index contributed by atoms with van der Waals surface area (Å²) in [4.78, 5) is 34.3. The van der Waals surface area contributed by atoms with E-state index in [-0.39, 0.29) is 11.5 Å². The number of nitrogens with zero attached hydrogens (tertiary/aromatic N) is 5. The van der Waals surface area contributed by atoms with Crippen molar-refractivity contribution in [1.82, 2.24) is 29.4 Å². The van der Waals surface area contributed by atoms with Crippen LogP contribution in [0.3, 0.4) is 0 Å². The predicted molar refractivity (Wildman–Crippen MR) is 157 cm³/mol. The maximum atomic E-state index is 14.2. The highest BCUT2D eigenvalue weighted by molar-refractivity contribution is 6.01. The van der Waals surface area contributed by atoms with Crippen LogP contribution in [0.5, 0.6) is 0 Å². The Morgan fingerprint density at radius 2 is 1.90 bits per heavy atom. The normalized spacial score (nSPS) is 14.5. The predicted octanol–water partition coefficient (Wildman–Crippen LogP) is 3.52. The van der Waals surface area contributed by atoms with Crippen molar-refractivity contribution in [2.75, 3.05) is 32.8 Å². The second kappa shape index (κ2) is 11.4. The Morgan fingerprint density at radius 3 is 2.71 bits per heavy atom. The molecule has 6 rings (SSSR count). The SMILES string of the molecule is Cc1nn2cccnc2c1C(=O)N[C@H](C)c1cc2cccc(C#CCN3CCOCC3)c2c(=O)n1-c1ccccc1. The van der Waals surface area contributed by atoms with Crippen LogP contribution in [0.2, 0.25) is 0 Å². The summed E-state index contributed by atoms with van der Waals surface area (Å²) in [5.41, 5.74) is 3.32. The Morgan fingerprint density at radius 1 is 1.10 bits per heavy atom. The Kier molecular flexibility index (Phi) is 7.33. The van der Waals surface area contributed by atoms with Gasteiger partial charge in [0.1, 0.15) is 5.56 Å². The zero-order valence-corrected chi connectivity index (χ0v) is 23.0. The Balaban J connectivity index is 1.41. The lowest BCUT2D eigenvalue weighted by molar-refractivity contribution is 0.0443. The smallest absolute Gasteiger partial charge is 0.264 e. The van der Waals surface area contributed by atoms with E-state index in [0.717, 1.165) is 18.5 Å². The van der Waals surface area contributed by atoms with Gasteiger partial charge in [-0.2, -0.15) is 5.10 Å². The number of para-hydroxylation sites is 1. The van der Waals surface area contributed by atoms with Gasteiger partial charge in [0.2, 0.25) is 0 Å². The van der Waals surface area contributed by atoms with E-state index in [2.05, 4.69) is 32.1 Å². The molecule has 1 N–H and O–H groups in total. The van der Waals surface area contributed by atoms with Crippen LogP contribution >= 0.6 is 0 Å². The van der Waals surface area contributed by atoms with Gasteiger partial charge >= 0.3 is 0 Å². The van der Waals surface area contributed by atoms with Crippen LogP contribution in [0, 0.1) is 18.8 Å². The summed E-state index contributed by atoms with van der Waals surface area (Å²) < 4.78 is 8.68. The molecule has 206 valence electrons. The molecule has 9 heteroatoms. The lowest BCUT2D eigenvalue weighted by Gasteiger charge is -2.24. The van der Waals surface area contributed by atoms with Crippen molar-refractivity contribution in [1.29, 1.82) is 0 Å². The van der Waals surface area contributed by atoms with E-state index in [4.69, 9.17) is 4.74 Å². The third-order valence-electron chi connectivity index (χ3n) is 7.31. The number of morpholine rings is 1. The maximum absolute atomic E-state index is 14.2. The van der Waals surface area contributed by atoms with Crippen molar-refractivity contribution < 1.29 is 9.53 Å². The molecule has 1 aliphatic rings. The number of fused-ring (bicyclic) bond motifs is 2. The summed E-state index contributed by atoms with van der Waals surface area (Å²) in [5.74, 6) is 6.19. The Hall–Kier alpha value is -4.78. The van der Waals surface area contributed by atoms with Gasteiger partial charge in [-0.25, -0.2) is 9.50 Å². The quantitative estimate of drug-likeness (QED) is 0.339. The number of benzene rings is 2. The number of hydrogen-bond donors (Lipinski definition) is 1. The van der Waals surface area contributed by atoms with Crippen molar-refractivity contribution in [3.63, 3.8) is 0 Å². The molecule has 2 aromatic carbocycles. The molecule has 1 aliphatic heterocycles. The molecular weight excluding hydrogens is 516 g/mol. The molecule has 41 heavy (non-hydrogen) atoms. The molecule has 1 amide bonds. The molecule has 4 heterocycles. The van der Waals surface area contributed by atoms with E-state index in [1.54, 1.807) is 34.5 Å². The summed E-state index contributed by atoms with van der Waals surface area (Å²) >= 11 is 0. The number of carbonyl (C=O) groups excluding carboxylic acids is 1. The number of carbonyl (C=O) groups is 1. The second-order valence-electron chi connectivity index (χ2n) is 10.0. The molecule has 0 bridgehead atoms. The van der Waals surface area contributed by atoms with Crippen molar-refractivity contribution in [3.8, 4) is 17.5 Å². The lowest BCUT2D eigenvalue weighted by Crippen LogP contribution is -2.36. The molecule has 1 saturated heterocycles. The molecule has 1 atom stereocenters. The summed E-state index contributed by atoms with van der Waals surface area (Å²) in [6, 6.07) is 18.4. The second-order valence-corrected chi connectivity index (χ2v) is 10.0. The number of nitrogens with one attached hydrogen (secondary N) is 1. The number of amides is 1. The fraction of sp³-hybridized carbons (Fsp3) is 0.250. The largest absolute Gasteiger partial charge is 0.379 e. The van der Waals surface area contributed by atoms with Gasteiger partial charge in [0, 0.05) is 42.4 Å².